The highest BCUT2D eigenvalue weighted by Gasteiger charge is 2.32. The highest BCUT2D eigenvalue weighted by molar-refractivity contribution is 5.99. The molecule has 0 atom stereocenters. The number of fused-ring (bicyclic) bond motifs is 3. The molecule has 6 heteroatoms. The molecule has 0 saturated heterocycles. The minimum Gasteiger partial charge on any atom is -0.367 e. The molecule has 0 spiro atoms. The predicted molar refractivity (Wildman–Crippen MR) is 79.9 cm³/mol. The van der Waals surface area contributed by atoms with E-state index < -0.39 is 6.50 Å². The van der Waals surface area contributed by atoms with Crippen molar-refractivity contribution in [2.45, 2.75) is 19.3 Å². The average molecular weight is 285 g/mol. The lowest BCUT2D eigenvalue weighted by Crippen LogP contribution is -2.24. The van der Waals surface area contributed by atoms with Gasteiger partial charge in [-0.2, -0.15) is 5.10 Å². The van der Waals surface area contributed by atoms with Crippen molar-refractivity contribution in [1.82, 2.24) is 14.8 Å². The lowest BCUT2D eigenvalue weighted by atomic mass is 10.0. The second-order valence-corrected chi connectivity index (χ2v) is 5.56. The van der Waals surface area contributed by atoms with Gasteiger partial charge < -0.3 is 10.2 Å². The van der Waals surface area contributed by atoms with E-state index in [4.69, 9.17) is 2.74 Å². The average Bonchev–Trinajstić information content (AvgIpc) is 3.27. The van der Waals surface area contributed by atoms with E-state index in [0.717, 1.165) is 18.4 Å². The smallest absolute Gasteiger partial charge is 0.228 e. The first-order chi connectivity index (χ1) is 10.9. The lowest BCUT2D eigenvalue weighted by molar-refractivity contribution is -0.117. The first-order valence-electron chi connectivity index (χ1n) is 7.98. The Bertz CT molecular complexity index is 812. The van der Waals surface area contributed by atoms with Gasteiger partial charge in [0.15, 0.2) is 5.82 Å². The molecule has 108 valence electrons. The molecule has 4 rings (SSSR count). The van der Waals surface area contributed by atoms with Gasteiger partial charge in [0.1, 0.15) is 0 Å². The molecular formula is C15H17N5O. The van der Waals surface area contributed by atoms with Gasteiger partial charge in [0.25, 0.3) is 0 Å². The summed E-state index contributed by atoms with van der Waals surface area (Å²) in [6.07, 6.45) is 5.12. The Hall–Kier alpha value is -2.37. The van der Waals surface area contributed by atoms with Crippen LogP contribution in [0.4, 0.5) is 11.5 Å². The van der Waals surface area contributed by atoms with E-state index in [1.807, 2.05) is 0 Å². The van der Waals surface area contributed by atoms with E-state index in [9.17, 15) is 4.79 Å². The van der Waals surface area contributed by atoms with Crippen LogP contribution in [0.1, 0.15) is 21.1 Å². The maximum atomic E-state index is 12.1. The third kappa shape index (κ3) is 1.98. The molecule has 1 saturated carbocycles. The Morgan fingerprint density at radius 3 is 3.05 bits per heavy atom. The quantitative estimate of drug-likeness (QED) is 0.913. The topological polar surface area (TPSA) is 63.1 Å². The Labute approximate surface area is 125 Å². The summed E-state index contributed by atoms with van der Waals surface area (Å²) < 4.78 is 18.5. The monoisotopic (exact) mass is 285 g/mol. The fourth-order valence-corrected chi connectivity index (χ4v) is 2.65. The Kier molecular flexibility index (Phi) is 2.13. The molecule has 0 aromatic carbocycles. The van der Waals surface area contributed by atoms with E-state index in [-0.39, 0.29) is 11.8 Å². The largest absolute Gasteiger partial charge is 0.367 e. The van der Waals surface area contributed by atoms with Crippen molar-refractivity contribution in [1.29, 1.82) is 0 Å². The number of hydrogen-bond acceptors (Lipinski definition) is 4. The van der Waals surface area contributed by atoms with Crippen LogP contribution in [0.15, 0.2) is 18.5 Å². The van der Waals surface area contributed by atoms with Crippen molar-refractivity contribution < 1.29 is 7.54 Å². The van der Waals surface area contributed by atoms with Crippen LogP contribution in [0.25, 0.3) is 11.3 Å². The van der Waals surface area contributed by atoms with Crippen LogP contribution in [-0.2, 0) is 18.3 Å². The van der Waals surface area contributed by atoms with Crippen molar-refractivity contribution in [2.75, 3.05) is 17.3 Å². The Balaban J connectivity index is 1.88. The Morgan fingerprint density at radius 2 is 2.29 bits per heavy atom. The van der Waals surface area contributed by atoms with Gasteiger partial charge in [-0.25, -0.2) is 4.98 Å². The molecule has 0 radical (unpaired) electrons. The van der Waals surface area contributed by atoms with Gasteiger partial charge in [-0.1, -0.05) is 0 Å². The first kappa shape index (κ1) is 10.4. The second-order valence-electron chi connectivity index (χ2n) is 5.56. The highest BCUT2D eigenvalue weighted by atomic mass is 16.2. The third-order valence-corrected chi connectivity index (χ3v) is 3.82. The van der Waals surface area contributed by atoms with Gasteiger partial charge in [0, 0.05) is 50.0 Å². The van der Waals surface area contributed by atoms with Crippen molar-refractivity contribution in [2.24, 2.45) is 13.0 Å². The molecule has 1 amide bonds. The van der Waals surface area contributed by atoms with Crippen LogP contribution in [0.2, 0.25) is 0 Å². The number of amides is 1. The summed E-state index contributed by atoms with van der Waals surface area (Å²) in [5, 5.41) is 7.24. The molecule has 2 aromatic rings. The summed E-state index contributed by atoms with van der Waals surface area (Å²) in [7, 11) is 3.44. The number of nitrogens with one attached hydrogen (secondary N) is 1. The molecular weight excluding hydrogens is 266 g/mol. The van der Waals surface area contributed by atoms with Crippen LogP contribution >= 0.6 is 0 Å². The number of aromatic nitrogens is 3. The van der Waals surface area contributed by atoms with Crippen molar-refractivity contribution in [3.63, 3.8) is 0 Å². The summed E-state index contributed by atoms with van der Waals surface area (Å²) in [6, 6.07) is 1.81. The van der Waals surface area contributed by atoms with Gasteiger partial charge in [0.2, 0.25) is 5.91 Å². The molecule has 1 N–H and O–H groups in total. The first-order valence-corrected chi connectivity index (χ1v) is 6.98. The molecule has 2 aromatic heterocycles. The second kappa shape index (κ2) is 4.31. The van der Waals surface area contributed by atoms with Gasteiger partial charge >= 0.3 is 0 Å². The molecule has 1 aliphatic heterocycles. The van der Waals surface area contributed by atoms with Crippen LogP contribution < -0.4 is 10.2 Å². The molecule has 3 heterocycles. The van der Waals surface area contributed by atoms with E-state index in [1.54, 1.807) is 37.2 Å². The summed E-state index contributed by atoms with van der Waals surface area (Å²) >= 11 is 0. The number of carbonyl (C=O) groups excluding carboxylic acids is 1. The lowest BCUT2D eigenvalue weighted by Gasteiger charge is -2.28. The zero-order valence-electron chi connectivity index (χ0n) is 13.9. The molecule has 0 bridgehead atoms. The van der Waals surface area contributed by atoms with Crippen molar-refractivity contribution in [3.05, 3.63) is 24.0 Å². The van der Waals surface area contributed by atoms with E-state index in [0.29, 0.717) is 22.8 Å². The number of pyridine rings is 1. The number of carbonyl (C=O) groups is 1. The predicted octanol–water partition coefficient (Wildman–Crippen LogP) is 1.78. The van der Waals surface area contributed by atoms with Crippen LogP contribution in [0, 0.1) is 5.92 Å². The van der Waals surface area contributed by atoms with Gasteiger partial charge in [-0.15, -0.1) is 0 Å². The maximum absolute atomic E-state index is 12.1. The molecule has 1 aliphatic carbocycles. The van der Waals surface area contributed by atoms with Crippen LogP contribution in [0.5, 0.6) is 0 Å². The van der Waals surface area contributed by atoms with Gasteiger partial charge in [-0.05, 0) is 18.9 Å². The number of aryl methyl sites for hydroxylation is 1. The number of anilines is 2. The summed E-state index contributed by atoms with van der Waals surface area (Å²) in [4.78, 5) is 17.9. The van der Waals surface area contributed by atoms with E-state index >= 15 is 0 Å². The molecule has 6 nitrogen and oxygen atoms in total. The van der Waals surface area contributed by atoms with E-state index in [1.165, 1.54) is 4.90 Å². The zero-order valence-corrected chi connectivity index (χ0v) is 11.9. The highest BCUT2D eigenvalue weighted by Crippen LogP contribution is 2.41. The SMILES string of the molecule is [2H]C1([2H])c2cn(C)nc2-c2ccnc(NC(=O)C3CC3)c2N1C. The standard InChI is InChI=1S/C15H17N5O/c1-19-7-10-8-20(2)18-12(10)11-5-6-16-14(13(11)19)17-15(21)9-3-4-9/h5-6,8-9H,3-4,7H2,1-2H3,(H,16,17,21)/i7D2. The molecule has 2 aliphatic rings. The van der Waals surface area contributed by atoms with Crippen LogP contribution in [-0.4, -0.2) is 27.7 Å². The molecule has 1 fully saturated rings. The van der Waals surface area contributed by atoms with E-state index in [2.05, 4.69) is 15.4 Å². The van der Waals surface area contributed by atoms with Crippen molar-refractivity contribution in [3.8, 4) is 11.3 Å². The number of hydrogen-bond donors (Lipinski definition) is 1. The Morgan fingerprint density at radius 1 is 1.48 bits per heavy atom. The number of nitrogens with zero attached hydrogens (tertiary/aromatic N) is 4. The normalized spacial score (nSPS) is 20.2. The van der Waals surface area contributed by atoms with Gasteiger partial charge in [0.05, 0.1) is 14.1 Å². The molecule has 21 heavy (non-hydrogen) atoms. The van der Waals surface area contributed by atoms with Crippen molar-refractivity contribution >= 4 is 17.4 Å². The fraction of sp³-hybridized carbons (Fsp3) is 0.400. The minimum atomic E-state index is -1.72. The minimum absolute atomic E-state index is 0.0494. The fourth-order valence-electron chi connectivity index (χ4n) is 2.65. The third-order valence-electron chi connectivity index (χ3n) is 3.82. The summed E-state index contributed by atoms with van der Waals surface area (Å²) in [5.74, 6) is 0.400. The van der Waals surface area contributed by atoms with Crippen LogP contribution in [0.3, 0.4) is 0 Å². The zero-order chi connectivity index (χ0) is 16.4. The summed E-state index contributed by atoms with van der Waals surface area (Å²) in [5.41, 5.74) is 2.45. The number of rotatable bonds is 2. The molecule has 0 unspecified atom stereocenters. The summed E-state index contributed by atoms with van der Waals surface area (Å²) in [6.45, 7) is -1.72. The van der Waals surface area contributed by atoms with Gasteiger partial charge in [-0.3, -0.25) is 9.48 Å². The maximum Gasteiger partial charge on any atom is 0.228 e.